The Labute approximate surface area is 206 Å². The first kappa shape index (κ1) is 24.7. The zero-order chi connectivity index (χ0) is 25.0. The van der Waals surface area contributed by atoms with Gasteiger partial charge in [0.1, 0.15) is 23.9 Å². The Kier molecular flexibility index (Phi) is 7.38. The van der Waals surface area contributed by atoms with E-state index in [-0.39, 0.29) is 24.4 Å². The predicted octanol–water partition coefficient (Wildman–Crippen LogP) is 4.26. The maximum Gasteiger partial charge on any atom is 0.247 e. The van der Waals surface area contributed by atoms with Crippen LogP contribution in [0.3, 0.4) is 0 Å². The van der Waals surface area contributed by atoms with Crippen molar-refractivity contribution in [2.45, 2.75) is 77.0 Å². The van der Waals surface area contributed by atoms with E-state index in [0.29, 0.717) is 5.75 Å². The summed E-state index contributed by atoms with van der Waals surface area (Å²) in [6.07, 6.45) is 4.61. The van der Waals surface area contributed by atoms with Gasteiger partial charge in [0.25, 0.3) is 0 Å². The zero-order valence-corrected chi connectivity index (χ0v) is 21.0. The third kappa shape index (κ3) is 5.47. The summed E-state index contributed by atoms with van der Waals surface area (Å²) in [5, 5.41) is 11.6. The second kappa shape index (κ2) is 10.5. The number of hydrogen-bond donors (Lipinski definition) is 1. The first-order chi connectivity index (χ1) is 16.8. The molecular formula is C27H35N5O3. The first-order valence-electron chi connectivity index (χ1n) is 12.4. The molecule has 2 aromatic carbocycles. The molecule has 8 heteroatoms. The number of benzene rings is 2. The lowest BCUT2D eigenvalue weighted by Crippen LogP contribution is -2.53. The molecule has 0 unspecified atom stereocenters. The molecule has 2 amide bonds. The molecule has 3 aromatic rings. The number of ether oxygens (including phenoxy) is 1. The molecule has 1 atom stereocenters. The van der Waals surface area contributed by atoms with Crippen LogP contribution in [0.4, 0.5) is 0 Å². The normalized spacial score (nSPS) is 15.2. The van der Waals surface area contributed by atoms with E-state index < -0.39 is 11.6 Å². The molecule has 4 rings (SSSR count). The number of amides is 2. The van der Waals surface area contributed by atoms with Gasteiger partial charge in [0.05, 0.1) is 12.6 Å². The fraction of sp³-hybridized carbons (Fsp3) is 0.481. The highest BCUT2D eigenvalue weighted by Crippen LogP contribution is 2.33. The van der Waals surface area contributed by atoms with Crippen LogP contribution in [0.1, 0.15) is 64.5 Å². The van der Waals surface area contributed by atoms with Crippen molar-refractivity contribution in [1.29, 1.82) is 0 Å². The van der Waals surface area contributed by atoms with Crippen LogP contribution in [0.15, 0.2) is 48.5 Å². The van der Waals surface area contributed by atoms with Gasteiger partial charge in [0, 0.05) is 11.6 Å². The lowest BCUT2D eigenvalue weighted by Gasteiger charge is -2.38. The number of methoxy groups -OCH3 is 1. The van der Waals surface area contributed by atoms with Gasteiger partial charge in [0.15, 0.2) is 0 Å². The van der Waals surface area contributed by atoms with Crippen LogP contribution in [0.5, 0.6) is 5.75 Å². The lowest BCUT2D eigenvalue weighted by atomic mass is 9.97. The van der Waals surface area contributed by atoms with E-state index >= 15 is 0 Å². The third-order valence-corrected chi connectivity index (χ3v) is 7.01. The van der Waals surface area contributed by atoms with Gasteiger partial charge in [-0.05, 0) is 62.9 Å². The van der Waals surface area contributed by atoms with Crippen molar-refractivity contribution < 1.29 is 14.3 Å². The number of hydrogen-bond acceptors (Lipinski definition) is 5. The van der Waals surface area contributed by atoms with Crippen LogP contribution in [0, 0.1) is 0 Å². The molecule has 1 N–H and O–H groups in total. The van der Waals surface area contributed by atoms with Crippen LogP contribution >= 0.6 is 0 Å². The molecule has 1 aliphatic carbocycles. The number of aromatic nitrogens is 3. The standard InChI is InChI=1S/C27H35N5O3/c1-5-27(2,3)28-26(34)25(19-14-16-21(35-4)17-15-19)32(20-10-6-7-11-20)24(33)18-31-23-13-9-8-12-22(23)29-30-31/h8-9,12-17,20,25H,5-7,10-11,18H2,1-4H3,(H,28,34)/t25-/m0/s1. The second-order valence-electron chi connectivity index (χ2n) is 9.88. The molecule has 8 nitrogen and oxygen atoms in total. The molecule has 0 spiro atoms. The molecule has 1 aromatic heterocycles. The smallest absolute Gasteiger partial charge is 0.247 e. The van der Waals surface area contributed by atoms with Crippen LogP contribution in [0.25, 0.3) is 11.0 Å². The highest BCUT2D eigenvalue weighted by molar-refractivity contribution is 5.90. The maximum absolute atomic E-state index is 14.0. The Morgan fingerprint density at radius 3 is 2.49 bits per heavy atom. The fourth-order valence-corrected chi connectivity index (χ4v) is 4.70. The molecule has 186 valence electrons. The minimum Gasteiger partial charge on any atom is -0.497 e. The monoisotopic (exact) mass is 477 g/mol. The summed E-state index contributed by atoms with van der Waals surface area (Å²) < 4.78 is 6.95. The van der Waals surface area contributed by atoms with Gasteiger partial charge in [-0.1, -0.05) is 49.2 Å². The Bertz CT molecular complexity index is 1170. The molecule has 0 radical (unpaired) electrons. The van der Waals surface area contributed by atoms with Gasteiger partial charge in [0.2, 0.25) is 11.8 Å². The van der Waals surface area contributed by atoms with Gasteiger partial charge < -0.3 is 15.0 Å². The molecule has 1 aliphatic rings. The van der Waals surface area contributed by atoms with Crippen LogP contribution in [-0.2, 0) is 16.1 Å². The quantitative estimate of drug-likeness (QED) is 0.497. The van der Waals surface area contributed by atoms with Crippen molar-refractivity contribution in [3.8, 4) is 5.75 Å². The molecular weight excluding hydrogens is 442 g/mol. The summed E-state index contributed by atoms with van der Waals surface area (Å²) >= 11 is 0. The average Bonchev–Trinajstić information content (AvgIpc) is 3.53. The van der Waals surface area contributed by atoms with Crippen LogP contribution < -0.4 is 10.1 Å². The topological polar surface area (TPSA) is 89.4 Å². The van der Waals surface area contributed by atoms with Crippen molar-refractivity contribution in [3.05, 3.63) is 54.1 Å². The van der Waals surface area contributed by atoms with Crippen molar-refractivity contribution in [1.82, 2.24) is 25.2 Å². The van der Waals surface area contributed by atoms with E-state index in [1.807, 2.05) is 69.3 Å². The van der Waals surface area contributed by atoms with E-state index in [4.69, 9.17) is 4.74 Å². The largest absolute Gasteiger partial charge is 0.497 e. The van der Waals surface area contributed by atoms with Crippen LogP contribution in [-0.4, -0.2) is 50.4 Å². The van der Waals surface area contributed by atoms with E-state index in [9.17, 15) is 9.59 Å². The van der Waals surface area contributed by atoms with E-state index in [1.165, 1.54) is 0 Å². The van der Waals surface area contributed by atoms with Gasteiger partial charge in [-0.3, -0.25) is 9.59 Å². The number of nitrogens with zero attached hydrogens (tertiary/aromatic N) is 4. The predicted molar refractivity (Wildman–Crippen MR) is 135 cm³/mol. The molecule has 1 heterocycles. The van der Waals surface area contributed by atoms with E-state index in [2.05, 4.69) is 15.6 Å². The number of rotatable bonds is 9. The third-order valence-electron chi connectivity index (χ3n) is 7.01. The molecule has 1 saturated carbocycles. The molecule has 0 saturated heterocycles. The molecule has 1 fully saturated rings. The summed E-state index contributed by atoms with van der Waals surface area (Å²) in [7, 11) is 1.61. The minimum absolute atomic E-state index is 0.0140. The molecule has 0 bridgehead atoms. The SMILES string of the molecule is CCC(C)(C)NC(=O)[C@H](c1ccc(OC)cc1)N(C(=O)Cn1nnc2ccccc21)C1CCCC1. The van der Waals surface area contributed by atoms with Crippen molar-refractivity contribution in [3.63, 3.8) is 0 Å². The minimum atomic E-state index is -0.753. The zero-order valence-electron chi connectivity index (χ0n) is 21.0. The van der Waals surface area contributed by atoms with E-state index in [1.54, 1.807) is 16.7 Å². The summed E-state index contributed by atoms with van der Waals surface area (Å²) in [6.45, 7) is 6.06. The Hall–Kier alpha value is -3.42. The summed E-state index contributed by atoms with van der Waals surface area (Å²) in [5.41, 5.74) is 1.90. The maximum atomic E-state index is 14.0. The summed E-state index contributed by atoms with van der Waals surface area (Å²) in [6, 6.07) is 14.2. The fourth-order valence-electron chi connectivity index (χ4n) is 4.70. The average molecular weight is 478 g/mol. The highest BCUT2D eigenvalue weighted by Gasteiger charge is 2.39. The second-order valence-corrected chi connectivity index (χ2v) is 9.88. The van der Waals surface area contributed by atoms with Crippen molar-refractivity contribution >= 4 is 22.8 Å². The number of carbonyl (C=O) groups is 2. The first-order valence-corrected chi connectivity index (χ1v) is 12.4. The van der Waals surface area contributed by atoms with Gasteiger partial charge in [-0.2, -0.15) is 0 Å². The van der Waals surface area contributed by atoms with Gasteiger partial charge >= 0.3 is 0 Å². The molecule has 0 aliphatic heterocycles. The summed E-state index contributed by atoms with van der Waals surface area (Å²) in [5.74, 6) is 0.387. The van der Waals surface area contributed by atoms with Crippen molar-refractivity contribution in [2.75, 3.05) is 7.11 Å². The Morgan fingerprint density at radius 2 is 1.83 bits per heavy atom. The van der Waals surface area contributed by atoms with Crippen LogP contribution in [0.2, 0.25) is 0 Å². The highest BCUT2D eigenvalue weighted by atomic mass is 16.5. The lowest BCUT2D eigenvalue weighted by molar-refractivity contribution is -0.145. The number of para-hydroxylation sites is 1. The number of carbonyl (C=O) groups excluding carboxylic acids is 2. The number of nitrogens with one attached hydrogen (secondary N) is 1. The van der Waals surface area contributed by atoms with Gasteiger partial charge in [-0.25, -0.2) is 4.68 Å². The van der Waals surface area contributed by atoms with Gasteiger partial charge in [-0.15, -0.1) is 5.10 Å². The summed E-state index contributed by atoms with van der Waals surface area (Å²) in [4.78, 5) is 29.6. The Morgan fingerprint density at radius 1 is 1.14 bits per heavy atom. The Balaban J connectivity index is 1.73. The molecule has 35 heavy (non-hydrogen) atoms. The van der Waals surface area contributed by atoms with Crippen molar-refractivity contribution in [2.24, 2.45) is 0 Å². The van der Waals surface area contributed by atoms with E-state index in [0.717, 1.165) is 48.7 Å². The number of fused-ring (bicyclic) bond motifs is 1.